The number of aryl methyl sites for hydroxylation is 2. The smallest absolute Gasteiger partial charge is 0.355 e. The average molecular weight is 647 g/mol. The van der Waals surface area contributed by atoms with Crippen LogP contribution in [0.5, 0.6) is 0 Å². The maximum atomic E-state index is 15.4. The maximum Gasteiger partial charge on any atom is 0.355 e. The highest BCUT2D eigenvalue weighted by atomic mass is 32.2. The summed E-state index contributed by atoms with van der Waals surface area (Å²) < 4.78 is 55.6. The summed E-state index contributed by atoms with van der Waals surface area (Å²) in [5, 5.41) is 21.5. The van der Waals surface area contributed by atoms with E-state index >= 15 is 4.39 Å². The van der Waals surface area contributed by atoms with E-state index in [1.54, 1.807) is 16.8 Å². The van der Waals surface area contributed by atoms with Gasteiger partial charge in [0.1, 0.15) is 16.5 Å². The number of halogens is 2. The summed E-state index contributed by atoms with van der Waals surface area (Å²) >= 11 is 1.15. The summed E-state index contributed by atoms with van der Waals surface area (Å²) in [4.78, 5) is 15.4. The number of nitrogens with zero attached hydrogens (tertiary/aromatic N) is 3. The minimum absolute atomic E-state index is 0.104. The Labute approximate surface area is 262 Å². The van der Waals surface area contributed by atoms with Crippen molar-refractivity contribution in [1.82, 2.24) is 14.8 Å². The number of hydrogen-bond acceptors (Lipinski definition) is 6. The van der Waals surface area contributed by atoms with E-state index in [0.717, 1.165) is 72.4 Å². The average Bonchev–Trinajstić information content (AvgIpc) is 3.35. The Kier molecular flexibility index (Phi) is 7.38. The number of carboxylic acids is 1. The van der Waals surface area contributed by atoms with Gasteiger partial charge >= 0.3 is 5.97 Å². The van der Waals surface area contributed by atoms with Gasteiger partial charge in [-0.25, -0.2) is 36.8 Å². The SMILES string of the molecule is NS(=O)(=O)c1ccc(Cc2c(-c3ccc(F)c(-c4ccc5c(c4)CCC5)c3)nn(-c3nc(C(=O)O)cs3)c2CC2CC2)cc1F. The second-order valence-corrected chi connectivity index (χ2v) is 14.0. The van der Waals surface area contributed by atoms with Gasteiger partial charge in [-0.3, -0.25) is 0 Å². The van der Waals surface area contributed by atoms with Gasteiger partial charge in [-0.2, -0.15) is 5.10 Å². The Bertz CT molecular complexity index is 2100. The number of thiazole rings is 1. The molecule has 2 aliphatic rings. The third-order valence-electron chi connectivity index (χ3n) is 8.49. The molecule has 2 aliphatic carbocycles. The second kappa shape index (κ2) is 11.3. The summed E-state index contributed by atoms with van der Waals surface area (Å²) in [5.74, 6) is -2.10. The molecule has 0 radical (unpaired) electrons. The van der Waals surface area contributed by atoms with Gasteiger partial charge < -0.3 is 5.11 Å². The number of sulfonamides is 1. The highest BCUT2D eigenvalue weighted by Gasteiger charge is 2.30. The summed E-state index contributed by atoms with van der Waals surface area (Å²) in [5.41, 5.74) is 6.77. The Morgan fingerprint density at radius 2 is 1.78 bits per heavy atom. The number of primary sulfonamides is 1. The first-order valence-electron chi connectivity index (χ1n) is 14.6. The van der Waals surface area contributed by atoms with Crippen LogP contribution in [0.3, 0.4) is 0 Å². The highest BCUT2D eigenvalue weighted by Crippen LogP contribution is 2.39. The Morgan fingerprint density at radius 3 is 2.49 bits per heavy atom. The predicted octanol–water partition coefficient (Wildman–Crippen LogP) is 6.32. The zero-order chi connectivity index (χ0) is 31.5. The molecule has 3 aromatic carbocycles. The number of carbonyl (C=O) groups is 1. The van der Waals surface area contributed by atoms with Crippen molar-refractivity contribution >= 4 is 27.3 Å². The predicted molar refractivity (Wildman–Crippen MR) is 166 cm³/mol. The fraction of sp³-hybridized carbons (Fsp3) is 0.242. The third kappa shape index (κ3) is 5.81. The van der Waals surface area contributed by atoms with E-state index in [0.29, 0.717) is 39.9 Å². The molecule has 230 valence electrons. The molecule has 0 saturated heterocycles. The van der Waals surface area contributed by atoms with Gasteiger partial charge in [0.05, 0.1) is 11.4 Å². The molecule has 1 saturated carbocycles. The normalized spacial score (nSPS) is 14.6. The molecule has 7 rings (SSSR count). The third-order valence-corrected chi connectivity index (χ3v) is 10.3. The van der Waals surface area contributed by atoms with E-state index in [1.807, 2.05) is 12.1 Å². The molecule has 1 fully saturated rings. The highest BCUT2D eigenvalue weighted by molar-refractivity contribution is 7.89. The van der Waals surface area contributed by atoms with E-state index in [1.165, 1.54) is 28.6 Å². The number of aromatic carboxylic acids is 1. The summed E-state index contributed by atoms with van der Waals surface area (Å²) in [7, 11) is -4.25. The zero-order valence-electron chi connectivity index (χ0n) is 24.0. The number of aromatic nitrogens is 3. The van der Waals surface area contributed by atoms with Crippen molar-refractivity contribution in [3.63, 3.8) is 0 Å². The van der Waals surface area contributed by atoms with Crippen molar-refractivity contribution < 1.29 is 27.1 Å². The van der Waals surface area contributed by atoms with E-state index in [-0.39, 0.29) is 17.9 Å². The van der Waals surface area contributed by atoms with Gasteiger partial charge in [-0.15, -0.1) is 11.3 Å². The van der Waals surface area contributed by atoms with Crippen LogP contribution in [0.2, 0.25) is 0 Å². The molecule has 0 aliphatic heterocycles. The summed E-state index contributed by atoms with van der Waals surface area (Å²) in [6.07, 6.45) is 5.90. The van der Waals surface area contributed by atoms with Crippen molar-refractivity contribution in [2.45, 2.75) is 49.8 Å². The van der Waals surface area contributed by atoms with Crippen LogP contribution in [-0.2, 0) is 35.7 Å². The molecular weight excluding hydrogens is 619 g/mol. The summed E-state index contributed by atoms with van der Waals surface area (Å²) in [6.45, 7) is 0. The Morgan fingerprint density at radius 1 is 1.00 bits per heavy atom. The van der Waals surface area contributed by atoms with E-state index in [4.69, 9.17) is 10.2 Å². The van der Waals surface area contributed by atoms with Crippen molar-refractivity contribution in [3.8, 4) is 27.5 Å². The molecule has 45 heavy (non-hydrogen) atoms. The summed E-state index contributed by atoms with van der Waals surface area (Å²) in [6, 6.07) is 14.7. The lowest BCUT2D eigenvalue weighted by Gasteiger charge is -2.11. The lowest BCUT2D eigenvalue weighted by Crippen LogP contribution is -2.14. The monoisotopic (exact) mass is 646 g/mol. The van der Waals surface area contributed by atoms with Gasteiger partial charge in [0.25, 0.3) is 0 Å². The van der Waals surface area contributed by atoms with E-state index < -0.39 is 26.7 Å². The fourth-order valence-electron chi connectivity index (χ4n) is 6.05. The largest absolute Gasteiger partial charge is 0.476 e. The van der Waals surface area contributed by atoms with Crippen LogP contribution in [0.4, 0.5) is 8.78 Å². The molecule has 5 aromatic rings. The number of carboxylic acid groups (broad SMARTS) is 1. The number of nitrogens with two attached hydrogens (primary N) is 1. The van der Waals surface area contributed by atoms with Crippen LogP contribution in [0.15, 0.2) is 64.9 Å². The second-order valence-electron chi connectivity index (χ2n) is 11.7. The molecular formula is C33H28F2N4O4S2. The van der Waals surface area contributed by atoms with Crippen LogP contribution in [0.25, 0.3) is 27.5 Å². The molecule has 0 unspecified atom stereocenters. The van der Waals surface area contributed by atoms with Crippen LogP contribution in [0, 0.1) is 17.6 Å². The number of fused-ring (bicyclic) bond motifs is 1. The minimum atomic E-state index is -4.25. The molecule has 2 heterocycles. The molecule has 12 heteroatoms. The van der Waals surface area contributed by atoms with Crippen molar-refractivity contribution in [2.24, 2.45) is 11.1 Å². The lowest BCUT2D eigenvalue weighted by molar-refractivity contribution is 0.0691. The number of rotatable bonds is 9. The van der Waals surface area contributed by atoms with Gasteiger partial charge in [-0.05, 0) is 97.0 Å². The first kappa shape index (κ1) is 29.5. The Balaban J connectivity index is 1.40. The minimum Gasteiger partial charge on any atom is -0.476 e. The lowest BCUT2D eigenvalue weighted by atomic mass is 9.94. The maximum absolute atomic E-state index is 15.4. The quantitative estimate of drug-likeness (QED) is 0.193. The van der Waals surface area contributed by atoms with Crippen molar-refractivity contribution in [1.29, 1.82) is 0 Å². The van der Waals surface area contributed by atoms with Crippen LogP contribution in [-0.4, -0.2) is 34.3 Å². The molecule has 2 aromatic heterocycles. The van der Waals surface area contributed by atoms with Gasteiger partial charge in [0.15, 0.2) is 5.69 Å². The zero-order valence-corrected chi connectivity index (χ0v) is 25.6. The van der Waals surface area contributed by atoms with E-state index in [9.17, 15) is 22.7 Å². The number of benzene rings is 3. The molecule has 3 N–H and O–H groups in total. The van der Waals surface area contributed by atoms with Crippen molar-refractivity contribution in [3.05, 3.63) is 105 Å². The first-order chi connectivity index (χ1) is 21.5. The molecule has 0 bridgehead atoms. The Hall–Kier alpha value is -4.26. The topological polar surface area (TPSA) is 128 Å². The van der Waals surface area contributed by atoms with Crippen LogP contribution < -0.4 is 5.14 Å². The van der Waals surface area contributed by atoms with Crippen LogP contribution >= 0.6 is 11.3 Å². The van der Waals surface area contributed by atoms with E-state index in [2.05, 4.69) is 11.1 Å². The molecule has 0 amide bonds. The first-order valence-corrected chi connectivity index (χ1v) is 17.0. The molecule has 8 nitrogen and oxygen atoms in total. The van der Waals surface area contributed by atoms with Gasteiger partial charge in [0, 0.05) is 28.5 Å². The number of hydrogen-bond donors (Lipinski definition) is 2. The van der Waals surface area contributed by atoms with Gasteiger partial charge in [-0.1, -0.05) is 24.3 Å². The van der Waals surface area contributed by atoms with Crippen LogP contribution in [0.1, 0.15) is 57.7 Å². The fourth-order valence-corrected chi connectivity index (χ4v) is 7.41. The standard InChI is InChI=1S/C33H28F2N4O4S2/c34-26-10-9-23(16-24(26)22-8-7-20-2-1-3-21(20)15-22)31-25(12-19-6-11-30(27(35)13-19)45(36,42)43)29(14-18-4-5-18)39(38-31)33-37-28(17-44-33)32(40)41/h6-11,13,15-18H,1-5,12,14H2,(H,40,41)(H2,36,42,43). The van der Waals surface area contributed by atoms with Gasteiger partial charge in [0.2, 0.25) is 15.2 Å². The van der Waals surface area contributed by atoms with Crippen molar-refractivity contribution in [2.75, 3.05) is 0 Å². The molecule has 0 atom stereocenters. The molecule has 0 spiro atoms.